The summed E-state index contributed by atoms with van der Waals surface area (Å²) < 4.78 is 7.82. The van der Waals surface area contributed by atoms with Crippen LogP contribution in [0.15, 0.2) is 79.8 Å². The fourth-order valence-corrected chi connectivity index (χ4v) is 3.93. The quantitative estimate of drug-likeness (QED) is 0.459. The van der Waals surface area contributed by atoms with Crippen LogP contribution in [0, 0.1) is 0 Å². The first-order valence-corrected chi connectivity index (χ1v) is 10.2. The van der Waals surface area contributed by atoms with Crippen molar-refractivity contribution in [2.24, 2.45) is 0 Å². The molecule has 5 rings (SSSR count). The van der Waals surface area contributed by atoms with Gasteiger partial charge in [-0.2, -0.15) is 5.10 Å². The number of likely N-dealkylation sites (tertiary alicyclic amines) is 1. The van der Waals surface area contributed by atoms with Crippen molar-refractivity contribution in [3.63, 3.8) is 0 Å². The maximum atomic E-state index is 12.0. The molecule has 3 heterocycles. The molecule has 154 valence electrons. The van der Waals surface area contributed by atoms with Crippen molar-refractivity contribution in [3.05, 3.63) is 79.8 Å². The SMILES string of the molecule is C=CC(=O)N1CCC(n2nc(-c3ccc(Oc4ccccc4)cc3)c3cncnc32)C1. The van der Waals surface area contributed by atoms with Gasteiger partial charge in [-0.15, -0.1) is 0 Å². The van der Waals surface area contributed by atoms with Gasteiger partial charge in [-0.1, -0.05) is 24.8 Å². The standard InChI is InChI=1S/C24H21N5O2/c1-2-22(30)28-13-12-18(15-28)29-24-21(14-25-16-26-24)23(27-29)17-8-10-20(11-9-17)31-19-6-4-3-5-7-19/h2-11,14,16,18H,1,12-13,15H2. The molecule has 1 fully saturated rings. The van der Waals surface area contributed by atoms with E-state index < -0.39 is 0 Å². The molecule has 1 unspecified atom stereocenters. The van der Waals surface area contributed by atoms with Crippen LogP contribution in [-0.4, -0.2) is 43.6 Å². The molecule has 0 bridgehead atoms. The highest BCUT2D eigenvalue weighted by Gasteiger charge is 2.29. The first-order chi connectivity index (χ1) is 15.2. The minimum Gasteiger partial charge on any atom is -0.457 e. The van der Waals surface area contributed by atoms with E-state index in [-0.39, 0.29) is 11.9 Å². The van der Waals surface area contributed by atoms with E-state index in [4.69, 9.17) is 9.84 Å². The fourth-order valence-electron chi connectivity index (χ4n) is 3.93. The molecule has 1 atom stereocenters. The minimum absolute atomic E-state index is 0.0529. The van der Waals surface area contributed by atoms with Gasteiger partial charge in [-0.05, 0) is 48.9 Å². The molecule has 1 aliphatic rings. The monoisotopic (exact) mass is 411 g/mol. The van der Waals surface area contributed by atoms with Crippen molar-refractivity contribution < 1.29 is 9.53 Å². The number of ether oxygens (including phenoxy) is 1. The van der Waals surface area contributed by atoms with Crippen molar-refractivity contribution in [3.8, 4) is 22.8 Å². The molecule has 0 saturated carbocycles. The summed E-state index contributed by atoms with van der Waals surface area (Å²) in [5, 5.41) is 5.77. The molecule has 1 amide bonds. The average Bonchev–Trinajstić information content (AvgIpc) is 3.45. The summed E-state index contributed by atoms with van der Waals surface area (Å²) in [4.78, 5) is 22.5. The number of rotatable bonds is 5. The summed E-state index contributed by atoms with van der Waals surface area (Å²) in [7, 11) is 0. The largest absolute Gasteiger partial charge is 0.457 e. The van der Waals surface area contributed by atoms with Crippen molar-refractivity contribution in [1.82, 2.24) is 24.6 Å². The van der Waals surface area contributed by atoms with Crippen molar-refractivity contribution in [2.75, 3.05) is 13.1 Å². The van der Waals surface area contributed by atoms with Gasteiger partial charge in [-0.25, -0.2) is 14.6 Å². The topological polar surface area (TPSA) is 73.1 Å². The second-order valence-corrected chi connectivity index (χ2v) is 7.42. The van der Waals surface area contributed by atoms with Gasteiger partial charge in [0.25, 0.3) is 0 Å². The molecule has 4 aromatic rings. The van der Waals surface area contributed by atoms with Gasteiger partial charge < -0.3 is 9.64 Å². The predicted octanol–water partition coefficient (Wildman–Crippen LogP) is 4.25. The normalized spacial score (nSPS) is 15.9. The number of nitrogens with zero attached hydrogens (tertiary/aromatic N) is 5. The lowest BCUT2D eigenvalue weighted by Crippen LogP contribution is -2.27. The number of benzene rings is 2. The molecule has 0 spiro atoms. The summed E-state index contributed by atoms with van der Waals surface area (Å²) in [6.07, 6.45) is 5.50. The summed E-state index contributed by atoms with van der Waals surface area (Å²) in [6.45, 7) is 4.86. The Morgan fingerprint density at radius 2 is 1.87 bits per heavy atom. The molecule has 2 aromatic heterocycles. The average molecular weight is 411 g/mol. The Labute approximate surface area is 179 Å². The summed E-state index contributed by atoms with van der Waals surface area (Å²) in [5.41, 5.74) is 2.54. The molecule has 0 aliphatic carbocycles. The van der Waals surface area contributed by atoms with Crippen LogP contribution < -0.4 is 4.74 Å². The van der Waals surface area contributed by atoms with Gasteiger partial charge in [0.15, 0.2) is 5.65 Å². The molecule has 0 N–H and O–H groups in total. The highest BCUT2D eigenvalue weighted by atomic mass is 16.5. The third kappa shape index (κ3) is 3.66. The molecule has 1 aliphatic heterocycles. The van der Waals surface area contributed by atoms with Gasteiger partial charge in [0.2, 0.25) is 5.91 Å². The number of aromatic nitrogens is 4. The Balaban J connectivity index is 1.45. The maximum absolute atomic E-state index is 12.0. The number of carbonyl (C=O) groups excluding carboxylic acids is 1. The van der Waals surface area contributed by atoms with Crippen LogP contribution in [-0.2, 0) is 4.79 Å². The van der Waals surface area contributed by atoms with E-state index in [1.54, 1.807) is 11.1 Å². The van der Waals surface area contributed by atoms with Crippen LogP contribution in [0.2, 0.25) is 0 Å². The van der Waals surface area contributed by atoms with E-state index in [1.807, 2.05) is 59.3 Å². The van der Waals surface area contributed by atoms with Crippen LogP contribution in [0.25, 0.3) is 22.3 Å². The lowest BCUT2D eigenvalue weighted by Gasteiger charge is -2.14. The number of amides is 1. The van der Waals surface area contributed by atoms with Crippen LogP contribution in [0.1, 0.15) is 12.5 Å². The first kappa shape index (κ1) is 19.0. The molecule has 7 nitrogen and oxygen atoms in total. The van der Waals surface area contributed by atoms with E-state index in [9.17, 15) is 4.79 Å². The fraction of sp³-hybridized carbons (Fsp3) is 0.167. The second-order valence-electron chi connectivity index (χ2n) is 7.42. The highest BCUT2D eigenvalue weighted by molar-refractivity contribution is 5.91. The smallest absolute Gasteiger partial charge is 0.246 e. The van der Waals surface area contributed by atoms with E-state index in [0.717, 1.165) is 40.2 Å². The second kappa shape index (κ2) is 8.02. The van der Waals surface area contributed by atoms with Crippen molar-refractivity contribution in [2.45, 2.75) is 12.5 Å². The van der Waals surface area contributed by atoms with Crippen molar-refractivity contribution in [1.29, 1.82) is 0 Å². The van der Waals surface area contributed by atoms with Gasteiger partial charge in [0.1, 0.15) is 23.5 Å². The Kier molecular flexibility index (Phi) is 4.92. The lowest BCUT2D eigenvalue weighted by molar-refractivity contribution is -0.125. The number of carbonyl (C=O) groups is 1. The Hall–Kier alpha value is -4.00. The number of fused-ring (bicyclic) bond motifs is 1. The van der Waals surface area contributed by atoms with Gasteiger partial charge >= 0.3 is 0 Å². The predicted molar refractivity (Wildman–Crippen MR) is 118 cm³/mol. The Morgan fingerprint density at radius 1 is 1.10 bits per heavy atom. The summed E-state index contributed by atoms with van der Waals surface area (Å²) >= 11 is 0. The van der Waals surface area contributed by atoms with Gasteiger partial charge in [0, 0.05) is 24.8 Å². The van der Waals surface area contributed by atoms with E-state index >= 15 is 0 Å². The molecule has 1 saturated heterocycles. The third-order valence-electron chi connectivity index (χ3n) is 5.47. The zero-order valence-electron chi connectivity index (χ0n) is 16.9. The van der Waals surface area contributed by atoms with E-state index in [0.29, 0.717) is 13.1 Å². The number of para-hydroxylation sites is 1. The van der Waals surface area contributed by atoms with Crippen LogP contribution >= 0.6 is 0 Å². The van der Waals surface area contributed by atoms with Crippen LogP contribution in [0.3, 0.4) is 0 Å². The molecule has 0 radical (unpaired) electrons. The maximum Gasteiger partial charge on any atom is 0.246 e. The zero-order valence-corrected chi connectivity index (χ0v) is 16.9. The van der Waals surface area contributed by atoms with Gasteiger partial charge in [-0.3, -0.25) is 4.79 Å². The highest BCUT2D eigenvalue weighted by Crippen LogP contribution is 2.32. The van der Waals surface area contributed by atoms with Crippen LogP contribution in [0.4, 0.5) is 0 Å². The van der Waals surface area contributed by atoms with E-state index in [2.05, 4.69) is 16.5 Å². The minimum atomic E-state index is -0.0529. The molecular formula is C24H21N5O2. The van der Waals surface area contributed by atoms with Gasteiger partial charge in [0.05, 0.1) is 11.4 Å². The molecule has 2 aromatic carbocycles. The molecule has 7 heteroatoms. The third-order valence-corrected chi connectivity index (χ3v) is 5.47. The molecular weight excluding hydrogens is 390 g/mol. The summed E-state index contributed by atoms with van der Waals surface area (Å²) in [5.74, 6) is 1.49. The van der Waals surface area contributed by atoms with E-state index in [1.165, 1.54) is 12.4 Å². The Morgan fingerprint density at radius 3 is 2.65 bits per heavy atom. The molecule has 31 heavy (non-hydrogen) atoms. The van der Waals surface area contributed by atoms with Crippen LogP contribution in [0.5, 0.6) is 11.5 Å². The van der Waals surface area contributed by atoms with Crippen molar-refractivity contribution >= 4 is 16.9 Å². The summed E-state index contributed by atoms with van der Waals surface area (Å²) in [6, 6.07) is 17.6. The lowest BCUT2D eigenvalue weighted by atomic mass is 10.1. The Bertz CT molecular complexity index is 1230. The zero-order chi connectivity index (χ0) is 21.2. The first-order valence-electron chi connectivity index (χ1n) is 10.2. The number of hydrogen-bond donors (Lipinski definition) is 0. The number of hydrogen-bond acceptors (Lipinski definition) is 5.